The number of ketones is 1. The number of hydrogen-bond donors (Lipinski definition) is 1. The van der Waals surface area contributed by atoms with Gasteiger partial charge in [0.25, 0.3) is 0 Å². The molecule has 1 heterocycles. The van der Waals surface area contributed by atoms with E-state index in [9.17, 15) is 19.5 Å². The molecule has 1 aliphatic rings. The van der Waals surface area contributed by atoms with Gasteiger partial charge in [-0.1, -0.05) is 50.1 Å². The molecule has 0 saturated carbocycles. The first-order valence-electron chi connectivity index (χ1n) is 13.8. The molecule has 1 N–H and O–H groups in total. The monoisotopic (exact) mass is 539 g/mol. The molecule has 212 valence electrons. The highest BCUT2D eigenvalue weighted by Crippen LogP contribution is 2.15. The molecule has 2 amide bonds. The van der Waals surface area contributed by atoms with Crippen molar-refractivity contribution >= 4 is 17.8 Å². The Morgan fingerprint density at radius 2 is 1.64 bits per heavy atom. The number of nitrogens with zero attached hydrogens (tertiary/aromatic N) is 3. The lowest BCUT2D eigenvalue weighted by Crippen LogP contribution is -2.52. The van der Waals surface area contributed by atoms with Crippen LogP contribution in [0.3, 0.4) is 0 Å². The molecule has 9 heteroatoms. The second-order valence-electron chi connectivity index (χ2n) is 9.77. The summed E-state index contributed by atoms with van der Waals surface area (Å²) in [5, 5.41) is 9.48. The molecule has 3 rings (SSSR count). The van der Waals surface area contributed by atoms with Gasteiger partial charge < -0.3 is 19.5 Å². The van der Waals surface area contributed by atoms with E-state index in [4.69, 9.17) is 9.47 Å². The van der Waals surface area contributed by atoms with Crippen LogP contribution in [-0.4, -0.2) is 90.2 Å². The maximum Gasteiger partial charge on any atom is 0.409 e. The molecule has 0 aliphatic carbocycles. The lowest BCUT2D eigenvalue weighted by atomic mass is 10.0. The third kappa shape index (κ3) is 10.7. The Kier molecular flexibility index (Phi) is 12.8. The Bertz CT molecular complexity index is 1020. The lowest BCUT2D eigenvalue weighted by molar-refractivity contribution is -0.135. The minimum atomic E-state index is -1.18. The third-order valence-corrected chi connectivity index (χ3v) is 6.75. The first-order valence-corrected chi connectivity index (χ1v) is 13.8. The summed E-state index contributed by atoms with van der Waals surface area (Å²) in [6, 6.07) is 16.9. The molecule has 0 radical (unpaired) electrons. The summed E-state index contributed by atoms with van der Waals surface area (Å²) in [5.74, 6) is 0.724. The molecule has 1 fully saturated rings. The van der Waals surface area contributed by atoms with E-state index in [-0.39, 0.29) is 31.6 Å². The van der Waals surface area contributed by atoms with Crippen LogP contribution in [-0.2, 0) is 16.1 Å². The van der Waals surface area contributed by atoms with Gasteiger partial charge in [0.15, 0.2) is 5.78 Å². The number of amides is 2. The van der Waals surface area contributed by atoms with Crippen LogP contribution in [0.2, 0.25) is 0 Å². The maximum atomic E-state index is 12.7. The summed E-state index contributed by atoms with van der Waals surface area (Å²) in [7, 11) is 0. The number of piperazine rings is 1. The van der Waals surface area contributed by atoms with Crippen molar-refractivity contribution in [2.45, 2.75) is 45.6 Å². The average Bonchev–Trinajstić information content (AvgIpc) is 2.96. The highest BCUT2D eigenvalue weighted by Gasteiger charge is 2.24. The van der Waals surface area contributed by atoms with Crippen LogP contribution in [0.4, 0.5) is 4.79 Å². The first kappa shape index (κ1) is 30.1. The smallest absolute Gasteiger partial charge is 0.409 e. The maximum absolute atomic E-state index is 12.7. The van der Waals surface area contributed by atoms with Gasteiger partial charge in [-0.25, -0.2) is 4.79 Å². The zero-order valence-corrected chi connectivity index (χ0v) is 22.9. The Balaban J connectivity index is 1.30. The fourth-order valence-electron chi connectivity index (χ4n) is 4.40. The Hall–Kier alpha value is -3.43. The van der Waals surface area contributed by atoms with E-state index in [2.05, 4.69) is 11.8 Å². The fraction of sp³-hybridized carbons (Fsp3) is 0.500. The van der Waals surface area contributed by atoms with Crippen molar-refractivity contribution in [3.8, 4) is 5.75 Å². The molecule has 1 aliphatic heterocycles. The van der Waals surface area contributed by atoms with Crippen LogP contribution < -0.4 is 4.74 Å². The average molecular weight is 540 g/mol. The number of unbranched alkanes of at least 4 members (excludes halogenated alkanes) is 2. The van der Waals surface area contributed by atoms with E-state index in [0.29, 0.717) is 26.1 Å². The molecule has 0 unspecified atom stereocenters. The van der Waals surface area contributed by atoms with Crippen LogP contribution >= 0.6 is 0 Å². The van der Waals surface area contributed by atoms with Crippen molar-refractivity contribution in [1.29, 1.82) is 0 Å². The minimum absolute atomic E-state index is 0.159. The number of carbonyl (C=O) groups excluding carboxylic acids is 2. The normalized spacial score (nSPS) is 13.7. The summed E-state index contributed by atoms with van der Waals surface area (Å²) in [6.07, 6.45) is 3.37. The summed E-state index contributed by atoms with van der Waals surface area (Å²) in [5.41, 5.74) is 1.68. The van der Waals surface area contributed by atoms with Gasteiger partial charge in [0.05, 0.1) is 13.2 Å². The predicted octanol–water partition coefficient (Wildman–Crippen LogP) is 4.52. The highest BCUT2D eigenvalue weighted by atomic mass is 16.5. The largest absolute Gasteiger partial charge is 0.494 e. The van der Waals surface area contributed by atoms with Crippen LogP contribution in [0.25, 0.3) is 0 Å². The molecular weight excluding hydrogens is 498 g/mol. The van der Waals surface area contributed by atoms with Gasteiger partial charge in [0, 0.05) is 44.7 Å². The second kappa shape index (κ2) is 16.5. The lowest BCUT2D eigenvalue weighted by Gasteiger charge is -2.35. The van der Waals surface area contributed by atoms with E-state index in [1.807, 2.05) is 54.6 Å². The number of carbonyl (C=O) groups is 3. The molecule has 0 atom stereocenters. The Labute approximate surface area is 231 Å². The zero-order valence-electron chi connectivity index (χ0n) is 22.9. The molecule has 1 saturated heterocycles. The van der Waals surface area contributed by atoms with E-state index < -0.39 is 6.09 Å². The SMILES string of the molecule is CCCCCC(=O)c1ccc(OCCCN2CCN(C(=O)CN(COCc3ccccc3)C(=O)O)CC2)cc1. The summed E-state index contributed by atoms with van der Waals surface area (Å²) in [6.45, 7) is 6.04. The molecule has 0 bridgehead atoms. The van der Waals surface area contributed by atoms with Crippen molar-refractivity contribution in [1.82, 2.24) is 14.7 Å². The van der Waals surface area contributed by atoms with Crippen LogP contribution in [0, 0.1) is 0 Å². The van der Waals surface area contributed by atoms with Gasteiger partial charge in [-0.15, -0.1) is 0 Å². The number of Topliss-reactive ketones (excluding diaryl/α,β-unsaturated/α-hetero) is 1. The van der Waals surface area contributed by atoms with E-state index in [0.717, 1.165) is 67.1 Å². The first-order chi connectivity index (χ1) is 19.0. The van der Waals surface area contributed by atoms with Gasteiger partial charge in [-0.3, -0.25) is 19.4 Å². The molecule has 2 aromatic carbocycles. The summed E-state index contributed by atoms with van der Waals surface area (Å²) >= 11 is 0. The molecule has 2 aromatic rings. The molecule has 0 aromatic heterocycles. The number of carboxylic acid groups (broad SMARTS) is 1. The van der Waals surface area contributed by atoms with E-state index >= 15 is 0 Å². The van der Waals surface area contributed by atoms with Gasteiger partial charge in [0.2, 0.25) is 5.91 Å². The van der Waals surface area contributed by atoms with E-state index in [1.54, 1.807) is 4.90 Å². The van der Waals surface area contributed by atoms with Gasteiger partial charge in [-0.2, -0.15) is 0 Å². The zero-order chi connectivity index (χ0) is 27.9. The number of ether oxygens (including phenoxy) is 2. The van der Waals surface area contributed by atoms with Crippen molar-refractivity contribution in [2.75, 3.05) is 52.6 Å². The van der Waals surface area contributed by atoms with Crippen molar-refractivity contribution in [3.05, 3.63) is 65.7 Å². The third-order valence-electron chi connectivity index (χ3n) is 6.75. The van der Waals surface area contributed by atoms with Gasteiger partial charge in [-0.05, 0) is 42.7 Å². The van der Waals surface area contributed by atoms with Gasteiger partial charge >= 0.3 is 6.09 Å². The van der Waals surface area contributed by atoms with Crippen LogP contribution in [0.5, 0.6) is 5.75 Å². The summed E-state index contributed by atoms with van der Waals surface area (Å²) in [4.78, 5) is 41.5. The highest BCUT2D eigenvalue weighted by molar-refractivity contribution is 5.96. The minimum Gasteiger partial charge on any atom is -0.494 e. The standard InChI is InChI=1S/C30H41N3O6/c1-2-3-5-11-28(34)26-12-14-27(15-13-26)39-21-8-16-31-17-19-32(20-18-31)29(35)22-33(30(36)37)24-38-23-25-9-6-4-7-10-25/h4,6-7,9-10,12-15H,2-3,5,8,11,16-24H2,1H3,(H,36,37). The topological polar surface area (TPSA) is 99.6 Å². The van der Waals surface area contributed by atoms with Gasteiger partial charge in [0.1, 0.15) is 19.0 Å². The molecule has 39 heavy (non-hydrogen) atoms. The van der Waals surface area contributed by atoms with Crippen LogP contribution in [0.1, 0.15) is 54.9 Å². The van der Waals surface area contributed by atoms with Crippen molar-refractivity contribution < 1.29 is 29.0 Å². The quantitative estimate of drug-likeness (QED) is 0.190. The summed E-state index contributed by atoms with van der Waals surface area (Å²) < 4.78 is 11.3. The fourth-order valence-corrected chi connectivity index (χ4v) is 4.40. The molecule has 0 spiro atoms. The number of benzene rings is 2. The molecular formula is C30H41N3O6. The number of rotatable bonds is 16. The van der Waals surface area contributed by atoms with Crippen LogP contribution in [0.15, 0.2) is 54.6 Å². The Morgan fingerprint density at radius 1 is 0.923 bits per heavy atom. The second-order valence-corrected chi connectivity index (χ2v) is 9.77. The van der Waals surface area contributed by atoms with Crippen molar-refractivity contribution in [2.24, 2.45) is 0 Å². The number of hydrogen-bond acceptors (Lipinski definition) is 6. The van der Waals surface area contributed by atoms with E-state index in [1.165, 1.54) is 0 Å². The Morgan fingerprint density at radius 3 is 2.31 bits per heavy atom. The predicted molar refractivity (Wildman–Crippen MR) is 149 cm³/mol. The van der Waals surface area contributed by atoms with Crippen molar-refractivity contribution in [3.63, 3.8) is 0 Å². The molecule has 9 nitrogen and oxygen atoms in total.